The van der Waals surface area contributed by atoms with Gasteiger partial charge in [-0.15, -0.1) is 0 Å². The number of hydrazine groups is 1. The van der Waals surface area contributed by atoms with E-state index in [4.69, 9.17) is 15.2 Å². The Morgan fingerprint density at radius 1 is 1.22 bits per heavy atom. The summed E-state index contributed by atoms with van der Waals surface area (Å²) in [5.74, 6) is 8.21. The zero-order chi connectivity index (χ0) is 24.4. The van der Waals surface area contributed by atoms with Crippen molar-refractivity contribution in [3.8, 4) is 0 Å². The molecule has 5 heterocycles. The number of aromatic nitrogens is 6. The van der Waals surface area contributed by atoms with Crippen molar-refractivity contribution in [2.24, 2.45) is 16.8 Å². The summed E-state index contributed by atoms with van der Waals surface area (Å²) < 4.78 is 12.5. The molecule has 1 aliphatic heterocycles. The predicted octanol–water partition coefficient (Wildman–Crippen LogP) is 0.578. The molecule has 0 atom stereocenters. The molecule has 0 spiro atoms. The molecule has 4 aromatic heterocycles. The van der Waals surface area contributed by atoms with Gasteiger partial charge >= 0.3 is 5.69 Å². The number of nitrogens with two attached hydrogens (primary N) is 1. The van der Waals surface area contributed by atoms with Gasteiger partial charge in [0.1, 0.15) is 18.1 Å². The molecule has 13 heteroatoms. The Morgan fingerprint density at radius 2 is 2.08 bits per heavy atom. The third-order valence-electron chi connectivity index (χ3n) is 6.87. The molecule has 2 fully saturated rings. The van der Waals surface area contributed by atoms with Crippen LogP contribution in [-0.2, 0) is 19.6 Å². The molecule has 0 aromatic carbocycles. The minimum atomic E-state index is -0.154. The molecule has 2 saturated carbocycles. The molecule has 2 aliphatic carbocycles. The van der Waals surface area contributed by atoms with Crippen molar-refractivity contribution in [2.75, 3.05) is 11.7 Å². The zero-order valence-electron chi connectivity index (χ0n) is 19.6. The number of carbonyl (C=O) groups excluding carboxylic acids is 1. The zero-order valence-corrected chi connectivity index (χ0v) is 19.6. The van der Waals surface area contributed by atoms with Gasteiger partial charge in [0, 0.05) is 18.8 Å². The number of nitrogens with zero attached hydrogens (tertiary/aromatic N) is 8. The normalized spacial score (nSPS) is 17.5. The fraction of sp³-hybridized carbons (Fsp3) is 0.435. The van der Waals surface area contributed by atoms with Gasteiger partial charge in [-0.1, -0.05) is 0 Å². The van der Waals surface area contributed by atoms with E-state index >= 15 is 0 Å². The molecule has 3 N–H and O–H groups in total. The minimum absolute atomic E-state index is 0.118. The number of anilines is 1. The Bertz CT molecular complexity index is 1540. The SMILES string of the molecule is NN1CN=C(c2ccco2)c2c1nc1n(CCn3cc(C(=O)NC4CC4)cn3)c(=O)n(CC3CC3)n21. The second-order valence-electron chi connectivity index (χ2n) is 9.69. The number of furan rings is 1. The van der Waals surface area contributed by atoms with E-state index in [1.165, 1.54) is 5.01 Å². The third kappa shape index (κ3) is 3.54. The van der Waals surface area contributed by atoms with Crippen LogP contribution in [0.2, 0.25) is 0 Å². The number of imidazole rings is 1. The van der Waals surface area contributed by atoms with Crippen LogP contribution in [0.3, 0.4) is 0 Å². The highest BCUT2D eigenvalue weighted by Crippen LogP contribution is 2.32. The molecular formula is C23H26N10O3. The molecule has 1 amide bonds. The number of amides is 1. The van der Waals surface area contributed by atoms with Crippen molar-refractivity contribution < 1.29 is 9.21 Å². The number of aryl methyl sites for hydroxylation is 2. The van der Waals surface area contributed by atoms with Crippen LogP contribution in [0.5, 0.6) is 0 Å². The molecular weight excluding hydrogens is 464 g/mol. The summed E-state index contributed by atoms with van der Waals surface area (Å²) in [6, 6.07) is 3.92. The Hall–Kier alpha value is -4.13. The van der Waals surface area contributed by atoms with E-state index in [0.717, 1.165) is 25.7 Å². The van der Waals surface area contributed by atoms with Crippen molar-refractivity contribution in [1.82, 2.24) is 33.8 Å². The first-order chi connectivity index (χ1) is 17.6. The molecule has 7 rings (SSSR count). The number of nitrogens with one attached hydrogen (secondary N) is 1. The first-order valence-corrected chi connectivity index (χ1v) is 12.2. The fourth-order valence-corrected chi connectivity index (χ4v) is 4.61. The number of aliphatic imine (C=N–C) groups is 1. The van der Waals surface area contributed by atoms with Gasteiger partial charge in [0.2, 0.25) is 5.78 Å². The van der Waals surface area contributed by atoms with Gasteiger partial charge in [0.15, 0.2) is 11.6 Å². The van der Waals surface area contributed by atoms with E-state index in [2.05, 4.69) is 15.4 Å². The lowest BCUT2D eigenvalue weighted by Crippen LogP contribution is -2.37. The van der Waals surface area contributed by atoms with Gasteiger partial charge in [-0.05, 0) is 43.7 Å². The van der Waals surface area contributed by atoms with Crippen LogP contribution in [0, 0.1) is 5.92 Å². The van der Waals surface area contributed by atoms with Gasteiger partial charge < -0.3 is 9.73 Å². The average molecular weight is 491 g/mol. The largest absolute Gasteiger partial charge is 0.463 e. The van der Waals surface area contributed by atoms with Gasteiger partial charge in [-0.3, -0.25) is 24.0 Å². The maximum Gasteiger partial charge on any atom is 0.346 e. The number of hydrogen-bond acceptors (Lipinski definition) is 8. The van der Waals surface area contributed by atoms with Gasteiger partial charge in [0.05, 0.1) is 31.1 Å². The smallest absolute Gasteiger partial charge is 0.346 e. The van der Waals surface area contributed by atoms with E-state index < -0.39 is 0 Å². The lowest BCUT2D eigenvalue weighted by Gasteiger charge is -2.21. The number of rotatable bonds is 8. The fourth-order valence-electron chi connectivity index (χ4n) is 4.61. The Balaban J connectivity index is 1.26. The van der Waals surface area contributed by atoms with E-state index in [1.807, 2.05) is 10.6 Å². The van der Waals surface area contributed by atoms with E-state index in [0.29, 0.717) is 59.9 Å². The summed E-state index contributed by atoms with van der Waals surface area (Å²) in [5.41, 5.74) is 1.62. The van der Waals surface area contributed by atoms with E-state index in [9.17, 15) is 9.59 Å². The summed E-state index contributed by atoms with van der Waals surface area (Å²) in [5, 5.41) is 8.77. The van der Waals surface area contributed by atoms with Crippen molar-refractivity contribution in [2.45, 2.75) is 51.4 Å². The highest BCUT2D eigenvalue weighted by atomic mass is 16.3. The Morgan fingerprint density at radius 3 is 2.83 bits per heavy atom. The Labute approximate surface area is 204 Å². The highest BCUT2D eigenvalue weighted by molar-refractivity contribution is 6.14. The molecule has 0 unspecified atom stereocenters. The Kier molecular flexibility index (Phi) is 4.67. The van der Waals surface area contributed by atoms with Crippen molar-refractivity contribution in [1.29, 1.82) is 0 Å². The van der Waals surface area contributed by atoms with Crippen LogP contribution < -0.4 is 21.9 Å². The molecule has 36 heavy (non-hydrogen) atoms. The van der Waals surface area contributed by atoms with Crippen LogP contribution in [0.25, 0.3) is 5.78 Å². The quantitative estimate of drug-likeness (QED) is 0.344. The number of fused-ring (bicyclic) bond motifs is 3. The van der Waals surface area contributed by atoms with Crippen LogP contribution in [0.1, 0.15) is 47.5 Å². The van der Waals surface area contributed by atoms with Gasteiger partial charge in [-0.2, -0.15) is 10.1 Å². The molecule has 0 saturated heterocycles. The lowest BCUT2D eigenvalue weighted by atomic mass is 10.2. The van der Waals surface area contributed by atoms with E-state index in [1.54, 1.807) is 38.7 Å². The van der Waals surface area contributed by atoms with Crippen molar-refractivity contribution >= 4 is 23.2 Å². The van der Waals surface area contributed by atoms with E-state index in [-0.39, 0.29) is 24.3 Å². The molecule has 13 nitrogen and oxygen atoms in total. The van der Waals surface area contributed by atoms with Crippen molar-refractivity contribution in [3.63, 3.8) is 0 Å². The maximum atomic E-state index is 13.6. The molecule has 0 bridgehead atoms. The lowest BCUT2D eigenvalue weighted by molar-refractivity contribution is 0.0951. The van der Waals surface area contributed by atoms with Crippen LogP contribution in [0.4, 0.5) is 5.82 Å². The second-order valence-corrected chi connectivity index (χ2v) is 9.69. The maximum absolute atomic E-state index is 13.6. The number of carbonyl (C=O) groups is 1. The molecule has 0 radical (unpaired) electrons. The summed E-state index contributed by atoms with van der Waals surface area (Å²) in [7, 11) is 0. The second kappa shape index (κ2) is 7.95. The summed E-state index contributed by atoms with van der Waals surface area (Å²) in [6.07, 6.45) is 9.10. The summed E-state index contributed by atoms with van der Waals surface area (Å²) in [6.45, 7) is 1.56. The topological polar surface area (TPSA) is 146 Å². The highest BCUT2D eigenvalue weighted by Gasteiger charge is 2.33. The summed E-state index contributed by atoms with van der Waals surface area (Å²) in [4.78, 5) is 35.3. The van der Waals surface area contributed by atoms with Crippen molar-refractivity contribution in [3.05, 3.63) is 58.3 Å². The molecule has 4 aromatic rings. The standard InChI is InChI=1S/C23H26N10O3/c24-31-13-25-18(17-2-1-9-36-17)19-20(31)28-22-30(23(35)32(33(19)22)11-14-3-4-14)8-7-29-12-15(10-26-29)21(34)27-16-5-6-16/h1-2,9-10,12,14,16H,3-8,11,13,24H2,(H,27,34). The summed E-state index contributed by atoms with van der Waals surface area (Å²) >= 11 is 0. The average Bonchev–Trinajstić information content (AvgIpc) is 3.64. The third-order valence-corrected chi connectivity index (χ3v) is 6.87. The van der Waals surface area contributed by atoms with Crippen LogP contribution >= 0.6 is 0 Å². The first kappa shape index (κ1) is 21.2. The molecule has 186 valence electrons. The molecule has 3 aliphatic rings. The van der Waals surface area contributed by atoms with Crippen LogP contribution in [0.15, 0.2) is 45.0 Å². The van der Waals surface area contributed by atoms with Gasteiger partial charge in [0.25, 0.3) is 5.91 Å². The van der Waals surface area contributed by atoms with Crippen LogP contribution in [-0.4, -0.2) is 52.9 Å². The minimum Gasteiger partial charge on any atom is -0.463 e. The number of hydrogen-bond donors (Lipinski definition) is 2. The predicted molar refractivity (Wildman–Crippen MR) is 129 cm³/mol. The first-order valence-electron chi connectivity index (χ1n) is 12.2. The monoisotopic (exact) mass is 490 g/mol. The van der Waals surface area contributed by atoms with Gasteiger partial charge in [-0.25, -0.2) is 19.8 Å².